The Morgan fingerprint density at radius 1 is 1.11 bits per heavy atom. The van der Waals surface area contributed by atoms with Crippen LogP contribution in [0.15, 0.2) is 42.5 Å². The molecule has 98 valence electrons. The van der Waals surface area contributed by atoms with E-state index in [2.05, 4.69) is 11.5 Å². The largest absolute Gasteiger partial charge is 0.493 e. The van der Waals surface area contributed by atoms with Crippen LogP contribution in [-0.4, -0.2) is 6.61 Å². The molecule has 0 bridgehead atoms. The number of rotatable bonds is 3. The van der Waals surface area contributed by atoms with E-state index in [0.717, 1.165) is 34.9 Å². The third kappa shape index (κ3) is 2.45. The SMILES string of the molecule is NNC(c1ccc(Cl)cc1)c1ccc2c(c1)CCO2. The summed E-state index contributed by atoms with van der Waals surface area (Å²) in [5, 5.41) is 0.724. The number of hydrogen-bond acceptors (Lipinski definition) is 3. The van der Waals surface area contributed by atoms with E-state index in [1.807, 2.05) is 36.4 Å². The van der Waals surface area contributed by atoms with E-state index in [1.165, 1.54) is 5.56 Å². The maximum Gasteiger partial charge on any atom is 0.122 e. The average molecular weight is 275 g/mol. The van der Waals surface area contributed by atoms with Gasteiger partial charge in [0.1, 0.15) is 5.75 Å². The van der Waals surface area contributed by atoms with Crippen LogP contribution in [-0.2, 0) is 6.42 Å². The fraction of sp³-hybridized carbons (Fsp3) is 0.200. The second-order valence-corrected chi connectivity index (χ2v) is 5.05. The number of halogens is 1. The van der Waals surface area contributed by atoms with Crippen molar-refractivity contribution < 1.29 is 4.74 Å². The second kappa shape index (κ2) is 5.21. The van der Waals surface area contributed by atoms with Crippen LogP contribution in [0.3, 0.4) is 0 Å². The Kier molecular flexibility index (Phi) is 3.42. The van der Waals surface area contributed by atoms with Crippen LogP contribution >= 0.6 is 11.6 Å². The first-order valence-corrected chi connectivity index (χ1v) is 6.63. The van der Waals surface area contributed by atoms with E-state index in [4.69, 9.17) is 22.2 Å². The van der Waals surface area contributed by atoms with Gasteiger partial charge in [-0.3, -0.25) is 5.84 Å². The third-order valence-corrected chi connectivity index (χ3v) is 3.67. The number of hydrazine groups is 1. The first kappa shape index (κ1) is 12.5. The lowest BCUT2D eigenvalue weighted by Gasteiger charge is -2.17. The van der Waals surface area contributed by atoms with Gasteiger partial charge in [0.25, 0.3) is 0 Å². The highest BCUT2D eigenvalue weighted by atomic mass is 35.5. The molecular formula is C15H15ClN2O. The van der Waals surface area contributed by atoms with Crippen molar-refractivity contribution in [2.24, 2.45) is 5.84 Å². The number of nitrogens with one attached hydrogen (secondary N) is 1. The molecule has 2 aromatic carbocycles. The van der Waals surface area contributed by atoms with E-state index in [9.17, 15) is 0 Å². The highest BCUT2D eigenvalue weighted by Crippen LogP contribution is 2.30. The van der Waals surface area contributed by atoms with Gasteiger partial charge in [0.15, 0.2) is 0 Å². The van der Waals surface area contributed by atoms with Gasteiger partial charge >= 0.3 is 0 Å². The first-order chi connectivity index (χ1) is 9.28. The zero-order chi connectivity index (χ0) is 13.2. The molecule has 4 heteroatoms. The zero-order valence-corrected chi connectivity index (χ0v) is 11.2. The van der Waals surface area contributed by atoms with Crippen LogP contribution in [0.25, 0.3) is 0 Å². The summed E-state index contributed by atoms with van der Waals surface area (Å²) in [5.74, 6) is 6.69. The average Bonchev–Trinajstić information content (AvgIpc) is 2.89. The molecule has 1 aliphatic heterocycles. The van der Waals surface area contributed by atoms with Crippen molar-refractivity contribution in [1.29, 1.82) is 0 Å². The zero-order valence-electron chi connectivity index (χ0n) is 10.4. The molecule has 0 amide bonds. The molecule has 0 radical (unpaired) electrons. The molecule has 3 rings (SSSR count). The fourth-order valence-electron chi connectivity index (χ4n) is 2.43. The second-order valence-electron chi connectivity index (χ2n) is 4.62. The Labute approximate surface area is 117 Å². The van der Waals surface area contributed by atoms with Crippen LogP contribution in [0.2, 0.25) is 5.02 Å². The number of hydrogen-bond donors (Lipinski definition) is 2. The van der Waals surface area contributed by atoms with E-state index in [0.29, 0.717) is 0 Å². The van der Waals surface area contributed by atoms with Gasteiger partial charge in [0, 0.05) is 11.4 Å². The summed E-state index contributed by atoms with van der Waals surface area (Å²) in [6.07, 6.45) is 0.959. The van der Waals surface area contributed by atoms with Crippen molar-refractivity contribution in [2.45, 2.75) is 12.5 Å². The fourth-order valence-corrected chi connectivity index (χ4v) is 2.55. The predicted molar refractivity (Wildman–Crippen MR) is 76.3 cm³/mol. The summed E-state index contributed by atoms with van der Waals surface area (Å²) in [7, 11) is 0. The topological polar surface area (TPSA) is 47.3 Å². The molecular weight excluding hydrogens is 260 g/mol. The van der Waals surface area contributed by atoms with Crippen LogP contribution < -0.4 is 16.0 Å². The summed E-state index contributed by atoms with van der Waals surface area (Å²) in [4.78, 5) is 0. The molecule has 19 heavy (non-hydrogen) atoms. The molecule has 0 fully saturated rings. The summed E-state index contributed by atoms with van der Waals surface area (Å²) in [6.45, 7) is 0.764. The Balaban J connectivity index is 1.96. The predicted octanol–water partition coefficient (Wildman–Crippen LogP) is 2.83. The van der Waals surface area contributed by atoms with Gasteiger partial charge in [-0.25, -0.2) is 5.43 Å². The van der Waals surface area contributed by atoms with Crippen molar-refractivity contribution >= 4 is 11.6 Å². The van der Waals surface area contributed by atoms with Gasteiger partial charge in [-0.05, 0) is 34.9 Å². The smallest absolute Gasteiger partial charge is 0.122 e. The first-order valence-electron chi connectivity index (χ1n) is 6.25. The Morgan fingerprint density at radius 3 is 2.58 bits per heavy atom. The maximum absolute atomic E-state index is 5.91. The Hall–Kier alpha value is -1.55. The maximum atomic E-state index is 5.91. The molecule has 1 heterocycles. The minimum Gasteiger partial charge on any atom is -0.493 e. The van der Waals surface area contributed by atoms with Crippen molar-refractivity contribution in [2.75, 3.05) is 6.61 Å². The molecule has 0 saturated heterocycles. The van der Waals surface area contributed by atoms with Crippen molar-refractivity contribution in [3.63, 3.8) is 0 Å². The molecule has 1 aliphatic rings. The summed E-state index contributed by atoms with van der Waals surface area (Å²) in [5.41, 5.74) is 6.33. The van der Waals surface area contributed by atoms with Crippen molar-refractivity contribution in [3.8, 4) is 5.75 Å². The van der Waals surface area contributed by atoms with E-state index >= 15 is 0 Å². The quantitative estimate of drug-likeness (QED) is 0.668. The van der Waals surface area contributed by atoms with Crippen LogP contribution in [0.5, 0.6) is 5.75 Å². The van der Waals surface area contributed by atoms with Crippen molar-refractivity contribution in [3.05, 3.63) is 64.2 Å². The van der Waals surface area contributed by atoms with E-state index in [-0.39, 0.29) is 6.04 Å². The number of ether oxygens (including phenoxy) is 1. The molecule has 2 aromatic rings. The number of nitrogens with two attached hydrogens (primary N) is 1. The molecule has 0 aliphatic carbocycles. The molecule has 3 nitrogen and oxygen atoms in total. The van der Waals surface area contributed by atoms with Gasteiger partial charge in [-0.2, -0.15) is 0 Å². The van der Waals surface area contributed by atoms with Gasteiger partial charge < -0.3 is 4.74 Å². The van der Waals surface area contributed by atoms with Gasteiger partial charge in [-0.1, -0.05) is 35.9 Å². The summed E-state index contributed by atoms with van der Waals surface area (Å²) >= 11 is 5.91. The summed E-state index contributed by atoms with van der Waals surface area (Å²) in [6, 6.07) is 13.9. The Bertz CT molecular complexity index is 583. The molecule has 1 atom stereocenters. The minimum atomic E-state index is -0.0387. The van der Waals surface area contributed by atoms with Crippen LogP contribution in [0.4, 0.5) is 0 Å². The summed E-state index contributed by atoms with van der Waals surface area (Å²) < 4.78 is 5.52. The third-order valence-electron chi connectivity index (χ3n) is 3.42. The standard InChI is InChI=1S/C15H15ClN2O/c16-13-4-1-10(2-5-13)15(18-17)12-3-6-14-11(9-12)7-8-19-14/h1-6,9,15,18H,7-8,17H2. The lowest BCUT2D eigenvalue weighted by atomic mass is 9.97. The molecule has 3 N–H and O–H groups in total. The highest BCUT2D eigenvalue weighted by molar-refractivity contribution is 6.30. The van der Waals surface area contributed by atoms with Gasteiger partial charge in [0.05, 0.1) is 12.6 Å². The van der Waals surface area contributed by atoms with E-state index < -0.39 is 0 Å². The monoisotopic (exact) mass is 274 g/mol. The lowest BCUT2D eigenvalue weighted by molar-refractivity contribution is 0.357. The highest BCUT2D eigenvalue weighted by Gasteiger charge is 2.17. The van der Waals surface area contributed by atoms with E-state index in [1.54, 1.807) is 0 Å². The molecule has 0 aromatic heterocycles. The van der Waals surface area contributed by atoms with Crippen LogP contribution in [0, 0.1) is 0 Å². The van der Waals surface area contributed by atoms with Gasteiger partial charge in [0.2, 0.25) is 0 Å². The van der Waals surface area contributed by atoms with Crippen LogP contribution in [0.1, 0.15) is 22.7 Å². The number of fused-ring (bicyclic) bond motifs is 1. The van der Waals surface area contributed by atoms with Crippen molar-refractivity contribution in [1.82, 2.24) is 5.43 Å². The molecule has 0 saturated carbocycles. The Morgan fingerprint density at radius 2 is 1.84 bits per heavy atom. The normalized spacial score (nSPS) is 14.8. The van der Waals surface area contributed by atoms with Gasteiger partial charge in [-0.15, -0.1) is 0 Å². The molecule has 0 spiro atoms. The molecule has 1 unspecified atom stereocenters. The number of benzene rings is 2. The minimum absolute atomic E-state index is 0.0387. The lowest BCUT2D eigenvalue weighted by Crippen LogP contribution is -2.28.